The maximum atomic E-state index is 12.0. The van der Waals surface area contributed by atoms with Gasteiger partial charge in [-0.05, 0) is 18.4 Å². The zero-order valence-corrected chi connectivity index (χ0v) is 6.97. The van der Waals surface area contributed by atoms with E-state index in [2.05, 4.69) is 9.97 Å². The minimum atomic E-state index is -4.45. The Kier molecular flexibility index (Phi) is 2.85. The summed E-state index contributed by atoms with van der Waals surface area (Å²) in [6, 6.07) is 0. The number of alkyl halides is 3. The van der Waals surface area contributed by atoms with Crippen LogP contribution in [0.1, 0.15) is 24.7 Å². The van der Waals surface area contributed by atoms with E-state index in [0.29, 0.717) is 5.56 Å². The molecule has 1 aromatic heterocycles. The first-order chi connectivity index (χ1) is 6.04. The highest BCUT2D eigenvalue weighted by atomic mass is 19.4. The monoisotopic (exact) mass is 189 g/mol. The average Bonchev–Trinajstić information content (AvgIpc) is 2.04. The van der Waals surface area contributed by atoms with Crippen molar-refractivity contribution < 1.29 is 13.2 Å². The van der Waals surface area contributed by atoms with E-state index >= 15 is 0 Å². The zero-order valence-electron chi connectivity index (χ0n) is 6.97. The van der Waals surface area contributed by atoms with Crippen LogP contribution in [-0.4, -0.2) is 9.97 Å². The van der Waals surface area contributed by atoms with Crippen LogP contribution in [0.25, 0.3) is 0 Å². The molecular formula is C8H8F3N2. The van der Waals surface area contributed by atoms with Gasteiger partial charge < -0.3 is 0 Å². The summed E-state index contributed by atoms with van der Waals surface area (Å²) in [7, 11) is 0. The van der Waals surface area contributed by atoms with E-state index < -0.39 is 12.0 Å². The van der Waals surface area contributed by atoms with Gasteiger partial charge in [0.1, 0.15) is 0 Å². The fourth-order valence-electron chi connectivity index (χ4n) is 0.826. The minimum absolute atomic E-state index is 0.607. The second-order valence-corrected chi connectivity index (χ2v) is 2.45. The Morgan fingerprint density at radius 2 is 1.85 bits per heavy atom. The van der Waals surface area contributed by atoms with Gasteiger partial charge in [-0.15, -0.1) is 0 Å². The zero-order chi connectivity index (χ0) is 9.90. The van der Waals surface area contributed by atoms with Crippen molar-refractivity contribution in [2.24, 2.45) is 0 Å². The molecule has 0 aliphatic carbocycles. The van der Waals surface area contributed by atoms with E-state index in [1.54, 1.807) is 6.42 Å². The third kappa shape index (κ3) is 2.68. The second kappa shape index (κ2) is 3.72. The van der Waals surface area contributed by atoms with Crippen LogP contribution in [0.2, 0.25) is 0 Å². The van der Waals surface area contributed by atoms with E-state index in [9.17, 15) is 13.2 Å². The van der Waals surface area contributed by atoms with Gasteiger partial charge in [0, 0.05) is 12.4 Å². The summed E-state index contributed by atoms with van der Waals surface area (Å²) in [4.78, 5) is 6.40. The van der Waals surface area contributed by atoms with Crippen LogP contribution in [0, 0.1) is 6.42 Å². The van der Waals surface area contributed by atoms with Crippen molar-refractivity contribution in [1.82, 2.24) is 9.97 Å². The van der Waals surface area contributed by atoms with Gasteiger partial charge in [0.05, 0.1) is 0 Å². The lowest BCUT2D eigenvalue weighted by atomic mass is 10.2. The lowest BCUT2D eigenvalue weighted by molar-refractivity contribution is -0.145. The molecule has 0 aliphatic heterocycles. The van der Waals surface area contributed by atoms with Gasteiger partial charge in [-0.3, -0.25) is 0 Å². The molecule has 5 heteroatoms. The van der Waals surface area contributed by atoms with E-state index in [0.717, 1.165) is 6.42 Å². The molecule has 0 spiro atoms. The maximum absolute atomic E-state index is 12.0. The van der Waals surface area contributed by atoms with Gasteiger partial charge >= 0.3 is 6.18 Å². The van der Waals surface area contributed by atoms with Gasteiger partial charge in [-0.2, -0.15) is 13.2 Å². The number of nitrogens with zero attached hydrogens (tertiary/aromatic N) is 2. The van der Waals surface area contributed by atoms with Crippen molar-refractivity contribution in [3.05, 3.63) is 30.2 Å². The lowest BCUT2D eigenvalue weighted by Gasteiger charge is -2.04. The van der Waals surface area contributed by atoms with E-state index in [4.69, 9.17) is 0 Å². The molecule has 0 bridgehead atoms. The SMILES string of the molecule is CC[CH]c1cnc(C(F)(F)F)nc1. The van der Waals surface area contributed by atoms with Crippen molar-refractivity contribution in [3.8, 4) is 0 Å². The molecule has 13 heavy (non-hydrogen) atoms. The first-order valence-corrected chi connectivity index (χ1v) is 3.76. The summed E-state index contributed by atoms with van der Waals surface area (Å²) < 4.78 is 35.9. The average molecular weight is 189 g/mol. The smallest absolute Gasteiger partial charge is 0.233 e. The Labute approximate surface area is 73.8 Å². The van der Waals surface area contributed by atoms with Crippen molar-refractivity contribution in [1.29, 1.82) is 0 Å². The third-order valence-corrected chi connectivity index (χ3v) is 1.37. The van der Waals surface area contributed by atoms with Crippen LogP contribution in [0.5, 0.6) is 0 Å². The molecule has 2 nitrogen and oxygen atoms in total. The second-order valence-electron chi connectivity index (χ2n) is 2.45. The van der Waals surface area contributed by atoms with Crippen LogP contribution < -0.4 is 0 Å². The van der Waals surface area contributed by atoms with Crippen LogP contribution in [0.4, 0.5) is 13.2 Å². The fraction of sp³-hybridized carbons (Fsp3) is 0.375. The molecule has 0 saturated carbocycles. The first-order valence-electron chi connectivity index (χ1n) is 3.76. The Bertz CT molecular complexity index is 266. The highest BCUT2D eigenvalue weighted by Gasteiger charge is 2.34. The lowest BCUT2D eigenvalue weighted by Crippen LogP contribution is -2.10. The van der Waals surface area contributed by atoms with Crippen molar-refractivity contribution in [2.45, 2.75) is 19.5 Å². The summed E-state index contributed by atoms with van der Waals surface area (Å²) in [6.07, 6.45) is 0.373. The molecule has 0 aliphatic rings. The number of rotatable bonds is 2. The van der Waals surface area contributed by atoms with Gasteiger partial charge in [0.15, 0.2) is 0 Å². The summed E-state index contributed by atoms with van der Waals surface area (Å²) in [5.41, 5.74) is 0.607. The molecule has 1 heterocycles. The normalized spacial score (nSPS) is 11.7. The molecule has 0 fully saturated rings. The quantitative estimate of drug-likeness (QED) is 0.714. The van der Waals surface area contributed by atoms with Crippen molar-refractivity contribution in [2.75, 3.05) is 0 Å². The van der Waals surface area contributed by atoms with E-state index in [1.165, 1.54) is 12.4 Å². The highest BCUT2D eigenvalue weighted by molar-refractivity contribution is 5.15. The minimum Gasteiger partial charge on any atom is -0.233 e. The van der Waals surface area contributed by atoms with Crippen LogP contribution in [-0.2, 0) is 6.18 Å². The molecule has 1 radical (unpaired) electrons. The summed E-state index contributed by atoms with van der Waals surface area (Å²) in [5.74, 6) is -1.10. The molecule has 71 valence electrons. The standard InChI is InChI=1S/C8H8F3N2/c1-2-3-6-4-12-7(13-5-6)8(9,10)11/h3-5H,2H2,1H3. The molecular weight excluding hydrogens is 181 g/mol. The third-order valence-electron chi connectivity index (χ3n) is 1.37. The molecule has 0 N–H and O–H groups in total. The molecule has 0 unspecified atom stereocenters. The van der Waals surface area contributed by atoms with Crippen LogP contribution >= 0.6 is 0 Å². The molecule has 0 saturated heterocycles. The predicted octanol–water partition coefficient (Wildman–Crippen LogP) is 2.46. The molecule has 1 aromatic rings. The van der Waals surface area contributed by atoms with Gasteiger partial charge in [0.25, 0.3) is 0 Å². The van der Waals surface area contributed by atoms with Gasteiger partial charge in [-0.1, -0.05) is 6.92 Å². The van der Waals surface area contributed by atoms with Gasteiger partial charge in [-0.25, -0.2) is 9.97 Å². The number of aromatic nitrogens is 2. The van der Waals surface area contributed by atoms with Crippen molar-refractivity contribution in [3.63, 3.8) is 0 Å². The number of hydrogen-bond acceptors (Lipinski definition) is 2. The van der Waals surface area contributed by atoms with E-state index in [-0.39, 0.29) is 0 Å². The van der Waals surface area contributed by atoms with Crippen LogP contribution in [0.15, 0.2) is 12.4 Å². The van der Waals surface area contributed by atoms with E-state index in [1.807, 2.05) is 6.92 Å². The number of halogens is 3. The Hall–Kier alpha value is -1.13. The van der Waals surface area contributed by atoms with Crippen molar-refractivity contribution >= 4 is 0 Å². The molecule has 1 rings (SSSR count). The fourth-order valence-corrected chi connectivity index (χ4v) is 0.826. The summed E-state index contributed by atoms with van der Waals surface area (Å²) >= 11 is 0. The summed E-state index contributed by atoms with van der Waals surface area (Å²) in [6.45, 7) is 1.89. The topological polar surface area (TPSA) is 25.8 Å². The Morgan fingerprint density at radius 1 is 1.31 bits per heavy atom. The largest absolute Gasteiger partial charge is 0.451 e. The highest BCUT2D eigenvalue weighted by Crippen LogP contribution is 2.25. The predicted molar refractivity (Wildman–Crippen MR) is 40.7 cm³/mol. The molecule has 0 atom stereocenters. The number of hydrogen-bond donors (Lipinski definition) is 0. The first kappa shape index (κ1) is 9.95. The van der Waals surface area contributed by atoms with Crippen LogP contribution in [0.3, 0.4) is 0 Å². The molecule has 0 aromatic carbocycles. The maximum Gasteiger partial charge on any atom is 0.451 e. The van der Waals surface area contributed by atoms with Gasteiger partial charge in [0.2, 0.25) is 5.82 Å². The molecule has 0 amide bonds. The Morgan fingerprint density at radius 3 is 2.23 bits per heavy atom. The summed E-state index contributed by atoms with van der Waals surface area (Å²) in [5, 5.41) is 0. The Balaban J connectivity index is 2.81.